The number of pyridine rings is 2. The number of aromatic nitrogens is 2. The van der Waals surface area contributed by atoms with Crippen molar-refractivity contribution >= 4 is 11.5 Å². The number of rotatable bonds is 3. The van der Waals surface area contributed by atoms with Crippen LogP contribution in [0.15, 0.2) is 42.9 Å². The minimum absolute atomic E-state index is 0.550. The van der Waals surface area contributed by atoms with Gasteiger partial charge in [0.05, 0.1) is 5.69 Å². The predicted octanol–water partition coefficient (Wildman–Crippen LogP) is 1.70. The Bertz CT molecular complexity index is 456. The lowest BCUT2D eigenvalue weighted by molar-refractivity contribution is 0.913. The molecular weight excluding hydrogens is 200 g/mol. The predicted molar refractivity (Wildman–Crippen MR) is 65.0 cm³/mol. The van der Waals surface area contributed by atoms with Gasteiger partial charge in [0, 0.05) is 32.2 Å². The molecule has 0 aliphatic carbocycles. The van der Waals surface area contributed by atoms with Gasteiger partial charge in [-0.05, 0) is 23.8 Å². The van der Waals surface area contributed by atoms with Crippen LogP contribution in [-0.4, -0.2) is 17.0 Å². The molecule has 0 fully saturated rings. The maximum Gasteiger partial charge on any atom is 0.146 e. The highest BCUT2D eigenvalue weighted by Crippen LogP contribution is 2.20. The van der Waals surface area contributed by atoms with Gasteiger partial charge in [-0.1, -0.05) is 6.07 Å². The Morgan fingerprint density at radius 3 is 2.75 bits per heavy atom. The number of nitrogen functional groups attached to an aromatic ring is 1. The van der Waals surface area contributed by atoms with Crippen molar-refractivity contribution in [3.05, 3.63) is 48.4 Å². The molecule has 2 aromatic heterocycles. The fourth-order valence-corrected chi connectivity index (χ4v) is 1.58. The minimum atomic E-state index is 0.550. The molecule has 0 atom stereocenters. The van der Waals surface area contributed by atoms with Gasteiger partial charge in [0.1, 0.15) is 5.82 Å². The second-order valence-electron chi connectivity index (χ2n) is 3.63. The third kappa shape index (κ3) is 2.28. The molecule has 2 N–H and O–H groups in total. The van der Waals surface area contributed by atoms with Crippen LogP contribution < -0.4 is 10.6 Å². The van der Waals surface area contributed by atoms with E-state index >= 15 is 0 Å². The highest BCUT2D eigenvalue weighted by atomic mass is 15.1. The van der Waals surface area contributed by atoms with Crippen molar-refractivity contribution in [2.24, 2.45) is 0 Å². The van der Waals surface area contributed by atoms with E-state index < -0.39 is 0 Å². The zero-order chi connectivity index (χ0) is 11.4. The molecule has 0 aliphatic rings. The normalized spacial score (nSPS) is 10.1. The minimum Gasteiger partial charge on any atom is -0.382 e. The van der Waals surface area contributed by atoms with Crippen LogP contribution in [0.1, 0.15) is 5.56 Å². The van der Waals surface area contributed by atoms with Gasteiger partial charge in [-0.25, -0.2) is 4.98 Å². The molecular formula is C12H14N4. The average molecular weight is 214 g/mol. The molecule has 0 aliphatic heterocycles. The number of anilines is 2. The topological polar surface area (TPSA) is 55.0 Å². The Kier molecular flexibility index (Phi) is 3.00. The summed E-state index contributed by atoms with van der Waals surface area (Å²) in [5.74, 6) is 0.550. The quantitative estimate of drug-likeness (QED) is 0.844. The van der Waals surface area contributed by atoms with Gasteiger partial charge in [0.15, 0.2) is 0 Å². The van der Waals surface area contributed by atoms with Crippen LogP contribution >= 0.6 is 0 Å². The van der Waals surface area contributed by atoms with Gasteiger partial charge in [0.25, 0.3) is 0 Å². The summed E-state index contributed by atoms with van der Waals surface area (Å²) in [5, 5.41) is 0. The lowest BCUT2D eigenvalue weighted by atomic mass is 10.2. The van der Waals surface area contributed by atoms with Gasteiger partial charge in [-0.15, -0.1) is 0 Å². The molecule has 0 amide bonds. The van der Waals surface area contributed by atoms with Crippen LogP contribution in [0.25, 0.3) is 0 Å². The lowest BCUT2D eigenvalue weighted by Crippen LogP contribution is -2.18. The van der Waals surface area contributed by atoms with Crippen molar-refractivity contribution in [1.82, 2.24) is 9.97 Å². The van der Waals surface area contributed by atoms with Gasteiger partial charge >= 0.3 is 0 Å². The summed E-state index contributed by atoms with van der Waals surface area (Å²) in [7, 11) is 1.99. The summed E-state index contributed by atoms with van der Waals surface area (Å²) in [6, 6.07) is 7.80. The van der Waals surface area contributed by atoms with Gasteiger partial charge < -0.3 is 10.6 Å². The van der Waals surface area contributed by atoms with Crippen molar-refractivity contribution in [3.63, 3.8) is 0 Å². The number of nitrogens with zero attached hydrogens (tertiary/aromatic N) is 3. The maximum absolute atomic E-state index is 5.81. The number of hydrogen-bond acceptors (Lipinski definition) is 4. The smallest absolute Gasteiger partial charge is 0.146 e. The molecule has 82 valence electrons. The molecule has 16 heavy (non-hydrogen) atoms. The molecule has 0 saturated heterocycles. The van der Waals surface area contributed by atoms with E-state index in [1.165, 1.54) is 0 Å². The first-order valence-corrected chi connectivity index (χ1v) is 5.08. The molecule has 2 heterocycles. The molecule has 0 unspecified atom stereocenters. The van der Waals surface area contributed by atoms with Crippen molar-refractivity contribution in [2.45, 2.75) is 6.54 Å². The largest absolute Gasteiger partial charge is 0.382 e. The number of nitrogens with two attached hydrogens (primary N) is 1. The van der Waals surface area contributed by atoms with E-state index in [1.54, 1.807) is 12.4 Å². The van der Waals surface area contributed by atoms with E-state index in [9.17, 15) is 0 Å². The van der Waals surface area contributed by atoms with Gasteiger partial charge in [-0.3, -0.25) is 4.98 Å². The summed E-state index contributed by atoms with van der Waals surface area (Å²) >= 11 is 0. The van der Waals surface area contributed by atoms with Crippen molar-refractivity contribution in [2.75, 3.05) is 17.7 Å². The zero-order valence-corrected chi connectivity index (χ0v) is 9.17. The number of hydrogen-bond donors (Lipinski definition) is 1. The molecule has 0 aromatic carbocycles. The molecule has 2 rings (SSSR count). The molecule has 4 heteroatoms. The second-order valence-corrected chi connectivity index (χ2v) is 3.63. The highest BCUT2D eigenvalue weighted by molar-refractivity contribution is 5.62. The summed E-state index contributed by atoms with van der Waals surface area (Å²) in [5.41, 5.74) is 7.89. The molecule has 2 aromatic rings. The monoisotopic (exact) mass is 214 g/mol. The fraction of sp³-hybridized carbons (Fsp3) is 0.167. The first-order valence-electron chi connectivity index (χ1n) is 5.08. The van der Waals surface area contributed by atoms with Crippen LogP contribution in [0.5, 0.6) is 0 Å². The van der Waals surface area contributed by atoms with E-state index in [2.05, 4.69) is 14.9 Å². The fourth-order valence-electron chi connectivity index (χ4n) is 1.58. The molecule has 0 saturated carbocycles. The van der Waals surface area contributed by atoms with Crippen molar-refractivity contribution < 1.29 is 0 Å². The van der Waals surface area contributed by atoms with Crippen LogP contribution in [0.3, 0.4) is 0 Å². The standard InChI is InChI=1S/C12H14N4/c1-16(9-10-4-2-6-14-8-10)11-5-3-7-15-12(11)13/h2-8H,9H2,1H3,(H2,13,15). The molecule has 4 nitrogen and oxygen atoms in total. The van der Waals surface area contributed by atoms with Crippen LogP contribution in [0.4, 0.5) is 11.5 Å². The van der Waals surface area contributed by atoms with E-state index in [4.69, 9.17) is 5.73 Å². The first-order chi connectivity index (χ1) is 7.77. The molecule has 0 radical (unpaired) electrons. The Morgan fingerprint density at radius 1 is 1.25 bits per heavy atom. The zero-order valence-electron chi connectivity index (χ0n) is 9.17. The SMILES string of the molecule is CN(Cc1cccnc1)c1cccnc1N. The van der Waals surface area contributed by atoms with Gasteiger partial charge in [-0.2, -0.15) is 0 Å². The van der Waals surface area contributed by atoms with E-state index in [0.29, 0.717) is 5.82 Å². The van der Waals surface area contributed by atoms with E-state index in [0.717, 1.165) is 17.8 Å². The van der Waals surface area contributed by atoms with Crippen LogP contribution in [0.2, 0.25) is 0 Å². The summed E-state index contributed by atoms with van der Waals surface area (Å²) in [4.78, 5) is 10.2. The summed E-state index contributed by atoms with van der Waals surface area (Å²) < 4.78 is 0. The Balaban J connectivity index is 2.15. The highest BCUT2D eigenvalue weighted by Gasteiger charge is 2.05. The van der Waals surface area contributed by atoms with Gasteiger partial charge in [0.2, 0.25) is 0 Å². The van der Waals surface area contributed by atoms with E-state index in [1.807, 2.05) is 37.5 Å². The summed E-state index contributed by atoms with van der Waals surface area (Å²) in [6.07, 6.45) is 5.31. The second kappa shape index (κ2) is 4.61. The van der Waals surface area contributed by atoms with Crippen LogP contribution in [-0.2, 0) is 6.54 Å². The Hall–Kier alpha value is -2.10. The van der Waals surface area contributed by atoms with Crippen LogP contribution in [0, 0.1) is 0 Å². The third-order valence-corrected chi connectivity index (χ3v) is 2.37. The maximum atomic E-state index is 5.81. The summed E-state index contributed by atoms with van der Waals surface area (Å²) in [6.45, 7) is 0.768. The third-order valence-electron chi connectivity index (χ3n) is 2.37. The van der Waals surface area contributed by atoms with Crippen molar-refractivity contribution in [3.8, 4) is 0 Å². The Labute approximate surface area is 94.8 Å². The molecule has 0 spiro atoms. The molecule has 0 bridgehead atoms. The van der Waals surface area contributed by atoms with E-state index in [-0.39, 0.29) is 0 Å². The Morgan fingerprint density at radius 2 is 2.06 bits per heavy atom. The first kappa shape index (κ1) is 10.4. The lowest BCUT2D eigenvalue weighted by Gasteiger charge is -2.20. The van der Waals surface area contributed by atoms with Crippen molar-refractivity contribution in [1.29, 1.82) is 0 Å². The average Bonchev–Trinajstić information content (AvgIpc) is 2.31.